The molecule has 4 heteroatoms. The molecule has 0 atom stereocenters. The van der Waals surface area contributed by atoms with Crippen LogP contribution in [0, 0.1) is 11.3 Å². The number of nitrogens with one attached hydrogen (secondary N) is 1. The molecule has 0 fully saturated rings. The Hall–Kier alpha value is -1.44. The number of benzene rings is 2. The number of hydrogen-bond donors (Lipinski definition) is 1. The Morgan fingerprint density at radius 3 is 2.68 bits per heavy atom. The lowest BCUT2D eigenvalue weighted by molar-refractivity contribution is 1.13. The summed E-state index contributed by atoms with van der Waals surface area (Å²) in [5.41, 5.74) is 2.76. The average molecular weight is 333 g/mol. The number of nitriles is 1. The van der Waals surface area contributed by atoms with Gasteiger partial charge < -0.3 is 5.32 Å². The number of nitrogens with zero attached hydrogens (tertiary/aromatic N) is 1. The predicted octanol–water partition coefficient (Wildman–Crippen LogP) is 4.65. The molecule has 2 nitrogen and oxygen atoms in total. The molecule has 1 N–H and O–H groups in total. The fraction of sp³-hybridized carbons (Fsp3) is 0.133. The minimum atomic E-state index is 0.688. The van der Waals surface area contributed by atoms with Gasteiger partial charge in [0.1, 0.15) is 6.07 Å². The van der Waals surface area contributed by atoms with Crippen molar-refractivity contribution < 1.29 is 0 Å². The van der Waals surface area contributed by atoms with E-state index in [0.717, 1.165) is 15.1 Å². The largest absolute Gasteiger partial charge is 0.380 e. The zero-order chi connectivity index (χ0) is 13.7. The van der Waals surface area contributed by atoms with Crippen LogP contribution in [0.25, 0.3) is 0 Å². The summed E-state index contributed by atoms with van der Waals surface area (Å²) in [4.78, 5) is 1.000. The number of rotatable bonds is 4. The first-order valence-corrected chi connectivity index (χ1v) is 7.82. The standard InChI is InChI=1S/C15H13BrN2S/c1-19-15-8-4-7-14(12(15)9-17)18-10-11-5-2-3-6-13(11)16/h2-8,18H,10H2,1H3. The molecule has 0 saturated carbocycles. The highest BCUT2D eigenvalue weighted by Gasteiger charge is 2.07. The van der Waals surface area contributed by atoms with Gasteiger partial charge in [-0.15, -0.1) is 11.8 Å². The van der Waals surface area contributed by atoms with E-state index in [4.69, 9.17) is 0 Å². The molecule has 0 radical (unpaired) electrons. The van der Waals surface area contributed by atoms with E-state index in [1.54, 1.807) is 11.8 Å². The minimum absolute atomic E-state index is 0.688. The minimum Gasteiger partial charge on any atom is -0.380 e. The van der Waals surface area contributed by atoms with Crippen molar-refractivity contribution in [3.8, 4) is 6.07 Å². The summed E-state index contributed by atoms with van der Waals surface area (Å²) in [5, 5.41) is 12.6. The molecule has 0 aliphatic rings. The van der Waals surface area contributed by atoms with Crippen molar-refractivity contribution in [2.24, 2.45) is 0 Å². The van der Waals surface area contributed by atoms with E-state index >= 15 is 0 Å². The highest BCUT2D eigenvalue weighted by molar-refractivity contribution is 9.10. The maximum Gasteiger partial charge on any atom is 0.102 e. The Morgan fingerprint density at radius 2 is 2.00 bits per heavy atom. The highest BCUT2D eigenvalue weighted by atomic mass is 79.9. The van der Waals surface area contributed by atoms with Gasteiger partial charge in [-0.1, -0.05) is 40.2 Å². The molecule has 2 aromatic carbocycles. The van der Waals surface area contributed by atoms with Crippen LogP contribution in [0.3, 0.4) is 0 Å². The maximum atomic E-state index is 9.27. The smallest absolute Gasteiger partial charge is 0.102 e. The quantitative estimate of drug-likeness (QED) is 0.827. The molecular formula is C15H13BrN2S. The Kier molecular flexibility index (Phi) is 4.89. The third-order valence-electron chi connectivity index (χ3n) is 2.79. The van der Waals surface area contributed by atoms with Crippen molar-refractivity contribution >= 4 is 33.4 Å². The van der Waals surface area contributed by atoms with Crippen molar-refractivity contribution in [1.82, 2.24) is 0 Å². The van der Waals surface area contributed by atoms with Crippen molar-refractivity contribution in [2.75, 3.05) is 11.6 Å². The van der Waals surface area contributed by atoms with Crippen LogP contribution in [0.2, 0.25) is 0 Å². The van der Waals surface area contributed by atoms with Gasteiger partial charge in [0.05, 0.1) is 11.3 Å². The Bertz CT molecular complexity index is 620. The van der Waals surface area contributed by atoms with Gasteiger partial charge in [0.2, 0.25) is 0 Å². The molecule has 0 aliphatic carbocycles. The first-order valence-electron chi connectivity index (χ1n) is 5.80. The summed E-state index contributed by atoms with van der Waals surface area (Å²) >= 11 is 5.11. The van der Waals surface area contributed by atoms with Gasteiger partial charge in [-0.05, 0) is 30.0 Å². The summed E-state index contributed by atoms with van der Waals surface area (Å²) in [5.74, 6) is 0. The third-order valence-corrected chi connectivity index (χ3v) is 4.34. The molecule has 0 bridgehead atoms. The number of halogens is 1. The van der Waals surface area contributed by atoms with Crippen molar-refractivity contribution in [2.45, 2.75) is 11.4 Å². The van der Waals surface area contributed by atoms with Crippen LogP contribution in [-0.4, -0.2) is 6.26 Å². The van der Waals surface area contributed by atoms with Gasteiger partial charge in [-0.3, -0.25) is 0 Å². The molecule has 0 unspecified atom stereocenters. The molecular weight excluding hydrogens is 320 g/mol. The van der Waals surface area contributed by atoms with Gasteiger partial charge in [-0.25, -0.2) is 0 Å². The summed E-state index contributed by atoms with van der Waals surface area (Å²) in [6, 6.07) is 16.2. The van der Waals surface area contributed by atoms with E-state index in [0.29, 0.717) is 12.1 Å². The molecule has 0 saturated heterocycles. The van der Waals surface area contributed by atoms with Gasteiger partial charge in [-0.2, -0.15) is 5.26 Å². The van der Waals surface area contributed by atoms with E-state index in [1.807, 2.05) is 42.7 Å². The van der Waals surface area contributed by atoms with Gasteiger partial charge >= 0.3 is 0 Å². The second-order valence-corrected chi connectivity index (χ2v) is 5.64. The van der Waals surface area contributed by atoms with E-state index in [9.17, 15) is 5.26 Å². The normalized spacial score (nSPS) is 9.95. The zero-order valence-electron chi connectivity index (χ0n) is 10.5. The van der Waals surface area contributed by atoms with E-state index in [-0.39, 0.29) is 0 Å². The molecule has 0 heterocycles. The lowest BCUT2D eigenvalue weighted by atomic mass is 10.1. The number of anilines is 1. The van der Waals surface area contributed by atoms with Crippen molar-refractivity contribution in [3.63, 3.8) is 0 Å². The fourth-order valence-electron chi connectivity index (χ4n) is 1.80. The summed E-state index contributed by atoms with van der Waals surface area (Å²) < 4.78 is 1.07. The topological polar surface area (TPSA) is 35.8 Å². The third kappa shape index (κ3) is 3.31. The first-order chi connectivity index (χ1) is 9.26. The highest BCUT2D eigenvalue weighted by Crippen LogP contribution is 2.27. The predicted molar refractivity (Wildman–Crippen MR) is 84.4 cm³/mol. The second kappa shape index (κ2) is 6.65. The molecule has 0 aliphatic heterocycles. The Morgan fingerprint density at radius 1 is 1.21 bits per heavy atom. The summed E-state index contributed by atoms with van der Waals surface area (Å²) in [6.45, 7) is 0.688. The maximum absolute atomic E-state index is 9.27. The SMILES string of the molecule is CSc1cccc(NCc2ccccc2Br)c1C#N. The Labute approximate surface area is 126 Å². The molecule has 0 spiro atoms. The van der Waals surface area contributed by atoms with Crippen LogP contribution in [0.4, 0.5) is 5.69 Å². The average Bonchev–Trinajstić information content (AvgIpc) is 2.45. The van der Waals surface area contributed by atoms with Crippen molar-refractivity contribution in [1.29, 1.82) is 5.26 Å². The lowest BCUT2D eigenvalue weighted by Crippen LogP contribution is -2.02. The van der Waals surface area contributed by atoms with Crippen LogP contribution in [0.15, 0.2) is 51.8 Å². The van der Waals surface area contributed by atoms with E-state index in [2.05, 4.69) is 33.4 Å². The lowest BCUT2D eigenvalue weighted by Gasteiger charge is -2.11. The Balaban J connectivity index is 2.21. The monoisotopic (exact) mass is 332 g/mol. The van der Waals surface area contributed by atoms with E-state index in [1.165, 1.54) is 5.56 Å². The molecule has 0 aromatic heterocycles. The molecule has 19 heavy (non-hydrogen) atoms. The summed E-state index contributed by atoms with van der Waals surface area (Å²) in [6.07, 6.45) is 1.98. The van der Waals surface area contributed by atoms with Crippen LogP contribution in [0.5, 0.6) is 0 Å². The van der Waals surface area contributed by atoms with Crippen LogP contribution < -0.4 is 5.32 Å². The fourth-order valence-corrected chi connectivity index (χ4v) is 2.80. The van der Waals surface area contributed by atoms with Crippen molar-refractivity contribution in [3.05, 3.63) is 58.1 Å². The van der Waals surface area contributed by atoms with Gasteiger partial charge in [0, 0.05) is 15.9 Å². The first kappa shape index (κ1) is 14.0. The van der Waals surface area contributed by atoms with Gasteiger partial charge in [0.15, 0.2) is 0 Å². The zero-order valence-corrected chi connectivity index (χ0v) is 12.9. The number of hydrogen-bond acceptors (Lipinski definition) is 3. The van der Waals surface area contributed by atoms with Crippen LogP contribution >= 0.6 is 27.7 Å². The molecule has 0 amide bonds. The van der Waals surface area contributed by atoms with E-state index < -0.39 is 0 Å². The molecule has 2 aromatic rings. The second-order valence-electron chi connectivity index (χ2n) is 3.94. The number of thioether (sulfide) groups is 1. The van der Waals surface area contributed by atoms with Crippen LogP contribution in [0.1, 0.15) is 11.1 Å². The van der Waals surface area contributed by atoms with Gasteiger partial charge in [0.25, 0.3) is 0 Å². The molecule has 96 valence electrons. The summed E-state index contributed by atoms with van der Waals surface area (Å²) in [7, 11) is 0. The molecule has 2 rings (SSSR count). The van der Waals surface area contributed by atoms with Crippen LogP contribution in [-0.2, 0) is 6.54 Å².